The fraction of sp³-hybridized carbons (Fsp3) is 0.333. The molecule has 0 radical (unpaired) electrons. The van der Waals surface area contributed by atoms with E-state index in [2.05, 4.69) is 9.97 Å². The number of aryl methyl sites for hydroxylation is 3. The molecule has 1 fully saturated rings. The van der Waals surface area contributed by atoms with Crippen LogP contribution in [0.25, 0.3) is 5.76 Å². The normalized spacial score (nSPS) is 17.1. The maximum atomic E-state index is 13.3. The van der Waals surface area contributed by atoms with E-state index in [1.54, 1.807) is 33.3 Å². The molecule has 3 heterocycles. The van der Waals surface area contributed by atoms with Crippen molar-refractivity contribution < 1.29 is 24.2 Å². The number of hydrogen-bond acceptors (Lipinski definition) is 6. The van der Waals surface area contributed by atoms with Crippen LogP contribution in [-0.4, -0.2) is 55.4 Å². The molecule has 1 saturated heterocycles. The summed E-state index contributed by atoms with van der Waals surface area (Å²) in [7, 11) is 0. The lowest BCUT2D eigenvalue weighted by Gasteiger charge is -2.25. The number of nitrogens with zero attached hydrogens (tertiary/aromatic N) is 3. The number of H-pyrrole nitrogens is 1. The first-order chi connectivity index (χ1) is 17.2. The Kier molecular flexibility index (Phi) is 7.10. The number of carbonyl (C=O) groups is 3. The van der Waals surface area contributed by atoms with Crippen LogP contribution in [0.15, 0.2) is 48.6 Å². The van der Waals surface area contributed by atoms with E-state index in [1.807, 2.05) is 42.0 Å². The van der Waals surface area contributed by atoms with Gasteiger partial charge in [0, 0.05) is 36.7 Å². The van der Waals surface area contributed by atoms with E-state index >= 15 is 0 Å². The van der Waals surface area contributed by atoms with Crippen LogP contribution in [0.5, 0.6) is 0 Å². The number of imidazole rings is 1. The highest BCUT2D eigenvalue weighted by molar-refractivity contribution is 6.46. The molecule has 2 N–H and O–H groups in total. The molecule has 1 amide bonds. The molecular formula is C27H30N4O5. The number of rotatable bonds is 8. The highest BCUT2D eigenvalue weighted by Gasteiger charge is 2.46. The number of ketones is 1. The van der Waals surface area contributed by atoms with Gasteiger partial charge in [-0.1, -0.05) is 29.8 Å². The van der Waals surface area contributed by atoms with E-state index in [0.29, 0.717) is 36.3 Å². The number of aliphatic hydroxyl groups excluding tert-OH is 1. The average Bonchev–Trinajstić information content (AvgIpc) is 3.53. The van der Waals surface area contributed by atoms with Crippen molar-refractivity contribution >= 4 is 23.4 Å². The van der Waals surface area contributed by atoms with Crippen molar-refractivity contribution in [3.8, 4) is 0 Å². The summed E-state index contributed by atoms with van der Waals surface area (Å²) in [5.74, 6) is -2.27. The van der Waals surface area contributed by atoms with Crippen LogP contribution in [0, 0.1) is 20.8 Å². The molecule has 0 saturated carbocycles. The van der Waals surface area contributed by atoms with Gasteiger partial charge in [0.05, 0.1) is 24.5 Å². The summed E-state index contributed by atoms with van der Waals surface area (Å²) < 4.78 is 7.01. The fourth-order valence-electron chi connectivity index (χ4n) is 4.70. The molecule has 1 aliphatic rings. The number of amides is 1. The maximum Gasteiger partial charge on any atom is 0.355 e. The Hall–Kier alpha value is -4.14. The van der Waals surface area contributed by atoms with Crippen LogP contribution >= 0.6 is 0 Å². The van der Waals surface area contributed by atoms with Crippen molar-refractivity contribution in [2.45, 2.75) is 46.7 Å². The number of esters is 1. The van der Waals surface area contributed by atoms with Crippen molar-refractivity contribution in [3.05, 3.63) is 82.2 Å². The van der Waals surface area contributed by atoms with Crippen LogP contribution in [0.4, 0.5) is 0 Å². The summed E-state index contributed by atoms with van der Waals surface area (Å²) in [6, 6.07) is 6.79. The monoisotopic (exact) mass is 490 g/mol. The number of ether oxygens (including phenoxy) is 1. The summed E-state index contributed by atoms with van der Waals surface area (Å²) in [6.45, 7) is 8.18. The molecule has 0 spiro atoms. The number of nitrogens with one attached hydrogen (secondary N) is 1. The molecule has 1 aromatic carbocycles. The number of aliphatic hydroxyl groups is 1. The molecule has 1 atom stereocenters. The molecule has 3 aromatic rings. The number of likely N-dealkylation sites (tertiary alicyclic amines) is 1. The molecule has 1 aliphatic heterocycles. The van der Waals surface area contributed by atoms with Gasteiger partial charge in [-0.3, -0.25) is 9.59 Å². The van der Waals surface area contributed by atoms with Gasteiger partial charge < -0.3 is 24.3 Å². The van der Waals surface area contributed by atoms with Gasteiger partial charge in [-0.2, -0.15) is 0 Å². The number of aromatic nitrogens is 3. The summed E-state index contributed by atoms with van der Waals surface area (Å²) in [5, 5.41) is 11.5. The first kappa shape index (κ1) is 25.0. The predicted octanol–water partition coefficient (Wildman–Crippen LogP) is 3.83. The number of aromatic amines is 1. The van der Waals surface area contributed by atoms with E-state index in [0.717, 1.165) is 11.1 Å². The van der Waals surface area contributed by atoms with E-state index in [-0.39, 0.29) is 23.6 Å². The highest BCUT2D eigenvalue weighted by atomic mass is 16.5. The van der Waals surface area contributed by atoms with Crippen LogP contribution < -0.4 is 0 Å². The lowest BCUT2D eigenvalue weighted by molar-refractivity contribution is -0.139. The quantitative estimate of drug-likeness (QED) is 0.215. The smallest absolute Gasteiger partial charge is 0.355 e. The van der Waals surface area contributed by atoms with Crippen LogP contribution in [0.1, 0.15) is 57.8 Å². The Balaban J connectivity index is 1.78. The molecule has 4 rings (SSSR count). The van der Waals surface area contributed by atoms with Crippen molar-refractivity contribution in [1.29, 1.82) is 0 Å². The lowest BCUT2D eigenvalue weighted by atomic mass is 9.93. The zero-order valence-corrected chi connectivity index (χ0v) is 20.9. The first-order valence-electron chi connectivity index (χ1n) is 11.9. The van der Waals surface area contributed by atoms with E-state index < -0.39 is 23.7 Å². The minimum absolute atomic E-state index is 0.00657. The highest BCUT2D eigenvalue weighted by Crippen LogP contribution is 2.41. The SMILES string of the molecule is CCOC(=O)c1[nH]c(C)c(/C(O)=C2\C(=O)C(=O)N(CCCn3ccnc3)[C@H]2c2ccc(C)cc2)c1C. The largest absolute Gasteiger partial charge is 0.507 e. The molecular weight excluding hydrogens is 460 g/mol. The van der Waals surface area contributed by atoms with Crippen LogP contribution in [-0.2, 0) is 20.9 Å². The fourth-order valence-corrected chi connectivity index (χ4v) is 4.70. The third kappa shape index (κ3) is 4.56. The third-order valence-electron chi connectivity index (χ3n) is 6.46. The van der Waals surface area contributed by atoms with Crippen molar-refractivity contribution in [2.75, 3.05) is 13.2 Å². The molecule has 2 aromatic heterocycles. The number of hydrogen-bond donors (Lipinski definition) is 2. The second kappa shape index (κ2) is 10.2. The number of carbonyl (C=O) groups excluding carboxylic acids is 3. The number of benzene rings is 1. The van der Waals surface area contributed by atoms with E-state index in [1.165, 1.54) is 4.90 Å². The topological polar surface area (TPSA) is 118 Å². The third-order valence-corrected chi connectivity index (χ3v) is 6.46. The summed E-state index contributed by atoms with van der Waals surface area (Å²) in [4.78, 5) is 47.4. The minimum Gasteiger partial charge on any atom is -0.507 e. The standard InChI is InChI=1S/C27H30N4O5/c1-5-36-27(35)22-17(3)20(18(4)29-22)24(32)21-23(19-9-7-16(2)8-10-19)31(26(34)25(21)33)13-6-12-30-14-11-28-15-30/h7-11,14-15,23,29,32H,5-6,12-13H2,1-4H3/b24-21+/t23-/m0/s1. The van der Waals surface area contributed by atoms with Gasteiger partial charge in [-0.25, -0.2) is 9.78 Å². The van der Waals surface area contributed by atoms with E-state index in [4.69, 9.17) is 4.74 Å². The summed E-state index contributed by atoms with van der Waals surface area (Å²) in [5.41, 5.74) is 3.25. The Morgan fingerprint density at radius 3 is 2.50 bits per heavy atom. The number of Topliss-reactive ketones (excluding diaryl/α,β-unsaturated/α-hetero) is 1. The van der Waals surface area contributed by atoms with Gasteiger partial charge in [-0.15, -0.1) is 0 Å². The van der Waals surface area contributed by atoms with Gasteiger partial charge in [-0.05, 0) is 45.2 Å². The molecule has 188 valence electrons. The van der Waals surface area contributed by atoms with Crippen molar-refractivity contribution in [3.63, 3.8) is 0 Å². The van der Waals surface area contributed by atoms with Crippen LogP contribution in [0.3, 0.4) is 0 Å². The van der Waals surface area contributed by atoms with Gasteiger partial charge >= 0.3 is 5.97 Å². The lowest BCUT2D eigenvalue weighted by Crippen LogP contribution is -2.31. The average molecular weight is 491 g/mol. The van der Waals surface area contributed by atoms with E-state index in [9.17, 15) is 19.5 Å². The molecule has 9 nitrogen and oxygen atoms in total. The van der Waals surface area contributed by atoms with Gasteiger partial charge in [0.2, 0.25) is 0 Å². The molecule has 0 aliphatic carbocycles. The Bertz CT molecular complexity index is 1320. The van der Waals surface area contributed by atoms with Gasteiger partial charge in [0.25, 0.3) is 11.7 Å². The van der Waals surface area contributed by atoms with Crippen LogP contribution in [0.2, 0.25) is 0 Å². The zero-order chi connectivity index (χ0) is 26.0. The Morgan fingerprint density at radius 1 is 1.14 bits per heavy atom. The van der Waals surface area contributed by atoms with Crippen molar-refractivity contribution in [1.82, 2.24) is 19.4 Å². The predicted molar refractivity (Wildman–Crippen MR) is 133 cm³/mol. The summed E-state index contributed by atoms with van der Waals surface area (Å²) >= 11 is 0. The maximum absolute atomic E-state index is 13.3. The molecule has 9 heteroatoms. The Morgan fingerprint density at radius 2 is 1.86 bits per heavy atom. The second-order valence-corrected chi connectivity index (χ2v) is 8.90. The minimum atomic E-state index is -0.756. The molecule has 36 heavy (non-hydrogen) atoms. The summed E-state index contributed by atoms with van der Waals surface area (Å²) in [6.07, 6.45) is 5.82. The molecule has 0 bridgehead atoms. The molecule has 0 unspecified atom stereocenters. The zero-order valence-electron chi connectivity index (χ0n) is 20.9. The van der Waals surface area contributed by atoms with Gasteiger partial charge in [0.1, 0.15) is 11.5 Å². The van der Waals surface area contributed by atoms with Crippen molar-refractivity contribution in [2.24, 2.45) is 0 Å². The Labute approximate surface area is 209 Å². The van der Waals surface area contributed by atoms with Gasteiger partial charge in [0.15, 0.2) is 0 Å². The first-order valence-corrected chi connectivity index (χ1v) is 11.9. The second-order valence-electron chi connectivity index (χ2n) is 8.90.